The van der Waals surface area contributed by atoms with Gasteiger partial charge in [-0.15, -0.1) is 0 Å². The summed E-state index contributed by atoms with van der Waals surface area (Å²) in [6, 6.07) is 5.48. The van der Waals surface area contributed by atoms with Crippen LogP contribution in [0.15, 0.2) is 18.2 Å². The molecular formula is C16H17F3N6. The second-order valence-electron chi connectivity index (χ2n) is 5.94. The van der Waals surface area contributed by atoms with Crippen molar-refractivity contribution in [3.8, 4) is 6.07 Å². The molecule has 1 fully saturated rings. The number of nitrogens with zero attached hydrogens (tertiary/aromatic N) is 5. The van der Waals surface area contributed by atoms with E-state index in [1.54, 1.807) is 12.1 Å². The highest BCUT2D eigenvalue weighted by atomic mass is 19.4. The van der Waals surface area contributed by atoms with Crippen LogP contribution in [-0.4, -0.2) is 46.3 Å². The van der Waals surface area contributed by atoms with Gasteiger partial charge in [-0.25, -0.2) is 4.98 Å². The van der Waals surface area contributed by atoms with Gasteiger partial charge in [0.05, 0.1) is 23.7 Å². The Bertz CT molecular complexity index is 784. The van der Waals surface area contributed by atoms with Crippen molar-refractivity contribution >= 4 is 5.69 Å². The van der Waals surface area contributed by atoms with E-state index in [0.29, 0.717) is 44.2 Å². The number of nitriles is 1. The number of hydrogen-bond donors (Lipinski definition) is 1. The van der Waals surface area contributed by atoms with Crippen LogP contribution < -0.4 is 4.90 Å². The van der Waals surface area contributed by atoms with E-state index < -0.39 is 11.7 Å². The zero-order chi connectivity index (χ0) is 18.0. The average molecular weight is 350 g/mol. The lowest BCUT2D eigenvalue weighted by Crippen LogP contribution is -2.46. The molecule has 9 heteroatoms. The average Bonchev–Trinajstić information content (AvgIpc) is 2.99. The van der Waals surface area contributed by atoms with Crippen molar-refractivity contribution in [2.45, 2.75) is 19.6 Å². The SMILES string of the molecule is Cc1nc(CN2CCN(c3ccc(C#N)c(C(F)(F)F)c3)CC2)n[nH]1. The first-order valence-electron chi connectivity index (χ1n) is 7.83. The number of aryl methyl sites for hydroxylation is 1. The van der Waals surface area contributed by atoms with Crippen LogP contribution in [0.4, 0.5) is 18.9 Å². The van der Waals surface area contributed by atoms with E-state index in [4.69, 9.17) is 5.26 Å². The van der Waals surface area contributed by atoms with Crippen molar-refractivity contribution in [3.63, 3.8) is 0 Å². The molecule has 2 aromatic rings. The molecule has 1 aromatic carbocycles. The molecular weight excluding hydrogens is 333 g/mol. The van der Waals surface area contributed by atoms with Crippen molar-refractivity contribution in [1.82, 2.24) is 20.1 Å². The normalized spacial score (nSPS) is 16.0. The Kier molecular flexibility index (Phi) is 4.63. The standard InChI is InChI=1S/C16H17F3N6/c1-11-21-15(23-22-11)10-24-4-6-25(7-5-24)13-3-2-12(9-20)14(8-13)16(17,18)19/h2-3,8H,4-7,10H2,1H3,(H,21,22,23). The minimum atomic E-state index is -4.54. The van der Waals surface area contributed by atoms with Crippen molar-refractivity contribution < 1.29 is 13.2 Å². The van der Waals surface area contributed by atoms with E-state index >= 15 is 0 Å². The number of hydrogen-bond acceptors (Lipinski definition) is 5. The lowest BCUT2D eigenvalue weighted by atomic mass is 10.1. The molecule has 1 saturated heterocycles. The Hall–Kier alpha value is -2.60. The zero-order valence-electron chi connectivity index (χ0n) is 13.6. The fourth-order valence-electron chi connectivity index (χ4n) is 2.88. The third-order valence-corrected chi connectivity index (χ3v) is 4.17. The summed E-state index contributed by atoms with van der Waals surface area (Å²) >= 11 is 0. The fraction of sp³-hybridized carbons (Fsp3) is 0.438. The first-order valence-corrected chi connectivity index (χ1v) is 7.83. The van der Waals surface area contributed by atoms with Gasteiger partial charge in [0, 0.05) is 31.9 Å². The van der Waals surface area contributed by atoms with Gasteiger partial charge >= 0.3 is 6.18 Å². The number of benzene rings is 1. The minimum Gasteiger partial charge on any atom is -0.369 e. The van der Waals surface area contributed by atoms with Crippen LogP contribution in [0.2, 0.25) is 0 Å². The van der Waals surface area contributed by atoms with E-state index in [9.17, 15) is 13.2 Å². The Balaban J connectivity index is 1.67. The number of aromatic nitrogens is 3. The van der Waals surface area contributed by atoms with Crippen LogP contribution in [-0.2, 0) is 12.7 Å². The largest absolute Gasteiger partial charge is 0.417 e. The highest BCUT2D eigenvalue weighted by Crippen LogP contribution is 2.34. The molecule has 0 radical (unpaired) electrons. The van der Waals surface area contributed by atoms with Gasteiger partial charge in [0.15, 0.2) is 5.82 Å². The van der Waals surface area contributed by atoms with Gasteiger partial charge in [-0.05, 0) is 25.1 Å². The molecule has 3 rings (SSSR count). The third kappa shape index (κ3) is 3.91. The summed E-state index contributed by atoms with van der Waals surface area (Å²) < 4.78 is 39.3. The second kappa shape index (κ2) is 6.72. The van der Waals surface area contributed by atoms with Gasteiger partial charge in [0.2, 0.25) is 0 Å². The highest BCUT2D eigenvalue weighted by Gasteiger charge is 2.34. The fourth-order valence-corrected chi connectivity index (χ4v) is 2.88. The maximum atomic E-state index is 13.1. The summed E-state index contributed by atoms with van der Waals surface area (Å²) in [6.07, 6.45) is -4.54. The molecule has 1 aliphatic rings. The van der Waals surface area contributed by atoms with E-state index in [0.717, 1.165) is 11.9 Å². The number of rotatable bonds is 3. The Morgan fingerprint density at radius 2 is 1.96 bits per heavy atom. The predicted octanol–water partition coefficient (Wildman–Crippen LogP) is 2.33. The second-order valence-corrected chi connectivity index (χ2v) is 5.94. The number of alkyl halides is 3. The molecule has 0 aliphatic carbocycles. The third-order valence-electron chi connectivity index (χ3n) is 4.17. The van der Waals surface area contributed by atoms with E-state index in [1.165, 1.54) is 6.07 Å². The number of piperazine rings is 1. The smallest absolute Gasteiger partial charge is 0.369 e. The summed E-state index contributed by atoms with van der Waals surface area (Å²) in [5.74, 6) is 1.47. The molecule has 0 spiro atoms. The molecule has 132 valence electrons. The van der Waals surface area contributed by atoms with Crippen molar-refractivity contribution in [1.29, 1.82) is 5.26 Å². The topological polar surface area (TPSA) is 71.8 Å². The summed E-state index contributed by atoms with van der Waals surface area (Å²) in [5.41, 5.74) is -0.749. The number of halogens is 3. The number of nitrogens with one attached hydrogen (secondary N) is 1. The van der Waals surface area contributed by atoms with Gasteiger partial charge in [-0.3, -0.25) is 10.00 Å². The van der Waals surface area contributed by atoms with Gasteiger partial charge in [-0.2, -0.15) is 23.5 Å². The monoisotopic (exact) mass is 350 g/mol. The maximum absolute atomic E-state index is 13.1. The summed E-state index contributed by atoms with van der Waals surface area (Å²) in [7, 11) is 0. The molecule has 0 unspecified atom stereocenters. The van der Waals surface area contributed by atoms with Crippen molar-refractivity contribution in [2.75, 3.05) is 31.1 Å². The van der Waals surface area contributed by atoms with Crippen LogP contribution >= 0.6 is 0 Å². The van der Waals surface area contributed by atoms with E-state index in [2.05, 4.69) is 20.1 Å². The van der Waals surface area contributed by atoms with E-state index in [-0.39, 0.29) is 5.56 Å². The molecule has 1 aliphatic heterocycles. The first-order chi connectivity index (χ1) is 11.9. The highest BCUT2D eigenvalue weighted by molar-refractivity contribution is 5.55. The van der Waals surface area contributed by atoms with Gasteiger partial charge in [-0.1, -0.05) is 0 Å². The van der Waals surface area contributed by atoms with Crippen molar-refractivity contribution in [3.05, 3.63) is 41.0 Å². The van der Waals surface area contributed by atoms with E-state index in [1.807, 2.05) is 11.8 Å². The Labute approximate surface area is 142 Å². The molecule has 25 heavy (non-hydrogen) atoms. The Morgan fingerprint density at radius 1 is 1.24 bits per heavy atom. The summed E-state index contributed by atoms with van der Waals surface area (Å²) in [5, 5.41) is 15.8. The molecule has 0 saturated carbocycles. The van der Waals surface area contributed by atoms with Gasteiger partial charge in [0.25, 0.3) is 0 Å². The van der Waals surface area contributed by atoms with Crippen LogP contribution in [0.1, 0.15) is 22.8 Å². The lowest BCUT2D eigenvalue weighted by molar-refractivity contribution is -0.137. The first kappa shape index (κ1) is 17.2. The number of aromatic amines is 1. The van der Waals surface area contributed by atoms with Crippen LogP contribution in [0.25, 0.3) is 0 Å². The quantitative estimate of drug-likeness (QED) is 0.920. The lowest BCUT2D eigenvalue weighted by Gasteiger charge is -2.35. The molecule has 6 nitrogen and oxygen atoms in total. The van der Waals surface area contributed by atoms with Gasteiger partial charge in [0.1, 0.15) is 5.82 Å². The molecule has 1 aromatic heterocycles. The van der Waals surface area contributed by atoms with Gasteiger partial charge < -0.3 is 4.90 Å². The zero-order valence-corrected chi connectivity index (χ0v) is 13.6. The summed E-state index contributed by atoms with van der Waals surface area (Å²) in [4.78, 5) is 8.32. The molecule has 2 heterocycles. The molecule has 0 atom stereocenters. The molecule has 1 N–H and O–H groups in total. The number of H-pyrrole nitrogens is 1. The van der Waals surface area contributed by atoms with Crippen LogP contribution in [0.5, 0.6) is 0 Å². The van der Waals surface area contributed by atoms with Crippen molar-refractivity contribution in [2.24, 2.45) is 0 Å². The summed E-state index contributed by atoms with van der Waals surface area (Å²) in [6.45, 7) is 5.06. The molecule has 0 bridgehead atoms. The minimum absolute atomic E-state index is 0.352. The number of anilines is 1. The molecule has 0 amide bonds. The Morgan fingerprint density at radius 3 is 2.52 bits per heavy atom. The van der Waals surface area contributed by atoms with Crippen LogP contribution in [0, 0.1) is 18.3 Å². The van der Waals surface area contributed by atoms with Crippen LogP contribution in [0.3, 0.4) is 0 Å². The maximum Gasteiger partial charge on any atom is 0.417 e. The predicted molar refractivity (Wildman–Crippen MR) is 84.8 cm³/mol.